The van der Waals surface area contributed by atoms with E-state index in [1.165, 1.54) is 0 Å². The Balaban J connectivity index is 3.82. The first kappa shape index (κ1) is 14.4. The second-order valence-electron chi connectivity index (χ2n) is 4.06. The van der Waals surface area contributed by atoms with Crippen LogP contribution in [-0.4, -0.2) is 24.8 Å². The highest BCUT2D eigenvalue weighted by atomic mass is 79.9. The molecule has 0 saturated heterocycles. The van der Waals surface area contributed by atoms with Gasteiger partial charge in [-0.05, 0) is 25.2 Å². The molecule has 14 heavy (non-hydrogen) atoms. The van der Waals surface area contributed by atoms with Gasteiger partial charge in [0.15, 0.2) is 0 Å². The second-order valence-corrected chi connectivity index (χ2v) is 7.93. The van der Waals surface area contributed by atoms with Crippen LogP contribution in [0.25, 0.3) is 0 Å². The molecule has 0 rings (SSSR count). The highest BCUT2D eigenvalue weighted by molar-refractivity contribution is 9.09. The van der Waals surface area contributed by atoms with E-state index in [9.17, 15) is 8.42 Å². The third-order valence-corrected chi connectivity index (χ3v) is 4.43. The Labute approximate surface area is 96.5 Å². The molecule has 0 heterocycles. The summed E-state index contributed by atoms with van der Waals surface area (Å²) in [5.41, 5.74) is 0. The second kappa shape index (κ2) is 6.83. The average molecular weight is 285 g/mol. The van der Waals surface area contributed by atoms with E-state index >= 15 is 0 Å². The fourth-order valence-corrected chi connectivity index (χ4v) is 3.69. The van der Waals surface area contributed by atoms with Crippen LogP contribution in [0.15, 0.2) is 0 Å². The Kier molecular flexibility index (Phi) is 7.04. The molecule has 2 unspecified atom stereocenters. The summed E-state index contributed by atoms with van der Waals surface area (Å²) in [4.78, 5) is 0.478. The summed E-state index contributed by atoms with van der Waals surface area (Å²) in [5, 5.41) is 0. The van der Waals surface area contributed by atoms with E-state index in [2.05, 4.69) is 29.8 Å². The van der Waals surface area contributed by atoms with Crippen LogP contribution in [-0.2, 0) is 9.84 Å². The maximum Gasteiger partial charge on any atom is 0.150 e. The van der Waals surface area contributed by atoms with Crippen molar-refractivity contribution in [3.05, 3.63) is 0 Å². The minimum atomic E-state index is -2.78. The van der Waals surface area contributed by atoms with Crippen molar-refractivity contribution in [2.45, 2.75) is 44.9 Å². The quantitative estimate of drug-likeness (QED) is 0.674. The molecule has 86 valence electrons. The highest BCUT2D eigenvalue weighted by Gasteiger charge is 2.13. The van der Waals surface area contributed by atoms with Crippen LogP contribution in [0.5, 0.6) is 0 Å². The van der Waals surface area contributed by atoms with Crippen LogP contribution in [0.2, 0.25) is 0 Å². The van der Waals surface area contributed by atoms with Crippen molar-refractivity contribution in [3.63, 3.8) is 0 Å². The third kappa shape index (κ3) is 7.80. The standard InChI is InChI=1S/C10H21BrO2S/c1-4-6-14(12,13)7-5-9(2)8-10(3)11/h9-10H,4-8H2,1-3H3. The SMILES string of the molecule is CCCS(=O)(=O)CCC(C)CC(C)Br. The molecular weight excluding hydrogens is 264 g/mol. The number of hydrogen-bond donors (Lipinski definition) is 0. The van der Waals surface area contributed by atoms with E-state index in [0.717, 1.165) is 19.3 Å². The zero-order chi connectivity index (χ0) is 11.2. The van der Waals surface area contributed by atoms with E-state index in [0.29, 0.717) is 22.3 Å². The molecule has 0 aliphatic carbocycles. The number of hydrogen-bond acceptors (Lipinski definition) is 2. The third-order valence-electron chi connectivity index (χ3n) is 2.16. The van der Waals surface area contributed by atoms with Crippen LogP contribution in [0.1, 0.15) is 40.0 Å². The molecule has 0 aromatic carbocycles. The van der Waals surface area contributed by atoms with Crippen LogP contribution < -0.4 is 0 Å². The van der Waals surface area contributed by atoms with Crippen molar-refractivity contribution in [1.82, 2.24) is 0 Å². The summed E-state index contributed by atoms with van der Waals surface area (Å²) in [6.45, 7) is 6.11. The van der Waals surface area contributed by atoms with Crippen LogP contribution in [0, 0.1) is 5.92 Å². The van der Waals surface area contributed by atoms with Gasteiger partial charge in [0.25, 0.3) is 0 Å². The topological polar surface area (TPSA) is 34.1 Å². The minimum absolute atomic E-state index is 0.337. The monoisotopic (exact) mass is 284 g/mol. The molecule has 0 aromatic heterocycles. The molecule has 2 atom stereocenters. The van der Waals surface area contributed by atoms with Gasteiger partial charge in [-0.15, -0.1) is 0 Å². The summed E-state index contributed by atoms with van der Waals surface area (Å²) in [7, 11) is -2.78. The minimum Gasteiger partial charge on any atom is -0.229 e. The van der Waals surface area contributed by atoms with E-state index < -0.39 is 9.84 Å². The van der Waals surface area contributed by atoms with Gasteiger partial charge in [0.05, 0.1) is 5.75 Å². The fraction of sp³-hybridized carbons (Fsp3) is 1.00. The molecule has 0 bridgehead atoms. The Morgan fingerprint density at radius 3 is 2.21 bits per heavy atom. The Morgan fingerprint density at radius 1 is 1.21 bits per heavy atom. The van der Waals surface area contributed by atoms with Crippen molar-refractivity contribution in [2.24, 2.45) is 5.92 Å². The first-order valence-corrected chi connectivity index (χ1v) is 7.95. The smallest absolute Gasteiger partial charge is 0.150 e. The molecule has 0 spiro atoms. The lowest BCUT2D eigenvalue weighted by atomic mass is 10.0. The Bertz CT molecular complexity index is 235. The Hall–Kier alpha value is 0.430. The largest absolute Gasteiger partial charge is 0.229 e. The molecular formula is C10H21BrO2S. The van der Waals surface area contributed by atoms with Gasteiger partial charge in [-0.2, -0.15) is 0 Å². The summed E-state index contributed by atoms with van der Waals surface area (Å²) >= 11 is 3.48. The van der Waals surface area contributed by atoms with Crippen molar-refractivity contribution >= 4 is 25.8 Å². The summed E-state index contributed by atoms with van der Waals surface area (Å²) in [6, 6.07) is 0. The summed E-state index contributed by atoms with van der Waals surface area (Å²) < 4.78 is 22.8. The van der Waals surface area contributed by atoms with Crippen molar-refractivity contribution in [3.8, 4) is 0 Å². The van der Waals surface area contributed by atoms with Crippen molar-refractivity contribution in [2.75, 3.05) is 11.5 Å². The first-order chi connectivity index (χ1) is 6.37. The van der Waals surface area contributed by atoms with E-state index in [4.69, 9.17) is 0 Å². The van der Waals surface area contributed by atoms with Gasteiger partial charge in [0.2, 0.25) is 0 Å². The lowest BCUT2D eigenvalue weighted by Crippen LogP contribution is -2.14. The number of alkyl halides is 1. The Morgan fingerprint density at radius 2 is 1.79 bits per heavy atom. The molecule has 0 N–H and O–H groups in total. The van der Waals surface area contributed by atoms with Crippen LogP contribution in [0.3, 0.4) is 0 Å². The maximum absolute atomic E-state index is 11.4. The summed E-state index contributed by atoms with van der Waals surface area (Å²) in [5.74, 6) is 1.17. The molecule has 0 radical (unpaired) electrons. The molecule has 0 saturated carbocycles. The van der Waals surface area contributed by atoms with Gasteiger partial charge in [-0.25, -0.2) is 8.42 Å². The van der Waals surface area contributed by atoms with Crippen molar-refractivity contribution in [1.29, 1.82) is 0 Å². The normalized spacial score (nSPS) is 16.6. The average Bonchev–Trinajstić information content (AvgIpc) is 2.00. The van der Waals surface area contributed by atoms with Crippen LogP contribution >= 0.6 is 15.9 Å². The van der Waals surface area contributed by atoms with Crippen molar-refractivity contribution < 1.29 is 8.42 Å². The predicted octanol–water partition coefficient (Wildman–Crippen LogP) is 3.01. The van der Waals surface area contributed by atoms with Gasteiger partial charge in [0.1, 0.15) is 9.84 Å². The zero-order valence-corrected chi connectivity index (χ0v) is 11.7. The summed E-state index contributed by atoms with van der Waals surface area (Å²) in [6.07, 6.45) is 2.56. The van der Waals surface area contributed by atoms with Gasteiger partial charge in [-0.3, -0.25) is 0 Å². The highest BCUT2D eigenvalue weighted by Crippen LogP contribution is 2.16. The molecule has 0 aliphatic heterocycles. The van der Waals surface area contributed by atoms with Gasteiger partial charge in [-0.1, -0.05) is 36.7 Å². The zero-order valence-electron chi connectivity index (χ0n) is 9.29. The number of rotatable bonds is 7. The fourth-order valence-electron chi connectivity index (χ4n) is 1.47. The van der Waals surface area contributed by atoms with E-state index in [1.54, 1.807) is 0 Å². The number of halogens is 1. The molecule has 4 heteroatoms. The molecule has 0 aliphatic rings. The molecule has 0 amide bonds. The van der Waals surface area contributed by atoms with E-state index in [-0.39, 0.29) is 0 Å². The van der Waals surface area contributed by atoms with Gasteiger partial charge < -0.3 is 0 Å². The van der Waals surface area contributed by atoms with Gasteiger partial charge >= 0.3 is 0 Å². The maximum atomic E-state index is 11.4. The van der Waals surface area contributed by atoms with E-state index in [1.807, 2.05) is 6.92 Å². The van der Waals surface area contributed by atoms with Crippen LogP contribution in [0.4, 0.5) is 0 Å². The lowest BCUT2D eigenvalue weighted by Gasteiger charge is -2.12. The molecule has 0 fully saturated rings. The lowest BCUT2D eigenvalue weighted by molar-refractivity contribution is 0.511. The number of sulfone groups is 1. The predicted molar refractivity (Wildman–Crippen MR) is 65.7 cm³/mol. The van der Waals surface area contributed by atoms with Gasteiger partial charge in [0, 0.05) is 10.6 Å². The first-order valence-electron chi connectivity index (χ1n) is 5.22. The molecule has 0 aromatic rings. The molecule has 2 nitrogen and oxygen atoms in total.